The Hall–Kier alpha value is -3.51. The molecule has 4 N–H and O–H groups in total. The van der Waals surface area contributed by atoms with Gasteiger partial charge in [0.05, 0.1) is 19.2 Å². The standard InChI is InChI=1S/C40H65N5O8/c1-9-14-28(31(47)36(50)41-25-19-20-25)42-35(49)30-26-18-13-17-24(26)22-45(30)37(51)33(40(5,6)7)43-34(48)27(23-15-11-10-12-16-23)21-29(46)32(39(2,3)4)44-38(52)53-8/h23-28,30,32-33H,9-22H2,1-8H3,(H,41,50)(H,42,49)(H,43,48)(H,44,52)/t24-,26-,27-,28-,30-,32-,33+/m0/s1. The van der Waals surface area contributed by atoms with Gasteiger partial charge in [0.2, 0.25) is 23.5 Å². The minimum absolute atomic E-state index is 0.00318. The van der Waals surface area contributed by atoms with E-state index in [9.17, 15) is 33.6 Å². The summed E-state index contributed by atoms with van der Waals surface area (Å²) in [5.74, 6) is -3.65. The van der Waals surface area contributed by atoms with Crippen molar-refractivity contribution in [2.75, 3.05) is 13.7 Å². The molecule has 0 spiro atoms. The molecule has 13 nitrogen and oxygen atoms in total. The summed E-state index contributed by atoms with van der Waals surface area (Å²) in [4.78, 5) is 97.0. The van der Waals surface area contributed by atoms with Gasteiger partial charge in [-0.05, 0) is 73.5 Å². The van der Waals surface area contributed by atoms with E-state index in [-0.39, 0.29) is 47.8 Å². The highest BCUT2D eigenvalue weighted by Crippen LogP contribution is 2.43. The molecular formula is C40H65N5O8. The number of hydrogen-bond acceptors (Lipinski definition) is 8. The van der Waals surface area contributed by atoms with Crippen LogP contribution in [0.4, 0.5) is 4.79 Å². The lowest BCUT2D eigenvalue weighted by Crippen LogP contribution is -2.60. The normalized spacial score (nSPS) is 24.2. The van der Waals surface area contributed by atoms with Crippen LogP contribution in [0.1, 0.15) is 132 Å². The number of amides is 5. The van der Waals surface area contributed by atoms with Crippen molar-refractivity contribution in [3.8, 4) is 0 Å². The van der Waals surface area contributed by atoms with Gasteiger partial charge in [0.25, 0.3) is 5.91 Å². The average Bonchev–Trinajstić information content (AvgIpc) is 3.66. The topological polar surface area (TPSA) is 180 Å². The van der Waals surface area contributed by atoms with Crippen LogP contribution in [0, 0.1) is 34.5 Å². The second kappa shape index (κ2) is 17.8. The van der Waals surface area contributed by atoms with Gasteiger partial charge < -0.3 is 30.9 Å². The number of carbonyl (C=O) groups excluding carboxylic acids is 7. The van der Waals surface area contributed by atoms with Gasteiger partial charge in [0, 0.05) is 24.9 Å². The van der Waals surface area contributed by atoms with Crippen LogP contribution < -0.4 is 21.3 Å². The molecule has 4 rings (SSSR count). The zero-order valence-electron chi connectivity index (χ0n) is 33.3. The molecular weight excluding hydrogens is 678 g/mol. The van der Waals surface area contributed by atoms with Crippen molar-refractivity contribution in [3.05, 3.63) is 0 Å². The lowest BCUT2D eigenvalue weighted by Gasteiger charge is -2.38. The van der Waals surface area contributed by atoms with Gasteiger partial charge in [-0.25, -0.2) is 4.79 Å². The summed E-state index contributed by atoms with van der Waals surface area (Å²) in [6.45, 7) is 13.4. The number of nitrogens with one attached hydrogen (secondary N) is 4. The summed E-state index contributed by atoms with van der Waals surface area (Å²) in [5.41, 5.74) is -1.40. The quantitative estimate of drug-likeness (QED) is 0.180. The summed E-state index contributed by atoms with van der Waals surface area (Å²) in [7, 11) is 1.24. The largest absolute Gasteiger partial charge is 0.453 e. The maximum Gasteiger partial charge on any atom is 0.407 e. The van der Waals surface area contributed by atoms with Crippen LogP contribution in [0.25, 0.3) is 0 Å². The van der Waals surface area contributed by atoms with Crippen LogP contribution in [-0.2, 0) is 33.5 Å². The van der Waals surface area contributed by atoms with Crippen molar-refractivity contribution in [1.29, 1.82) is 0 Å². The van der Waals surface area contributed by atoms with Crippen molar-refractivity contribution in [2.45, 2.75) is 162 Å². The molecule has 3 saturated carbocycles. The molecule has 0 aromatic heterocycles. The molecule has 13 heteroatoms. The Bertz CT molecular complexity index is 1380. The lowest BCUT2D eigenvalue weighted by atomic mass is 9.74. The van der Waals surface area contributed by atoms with Gasteiger partial charge in [0.15, 0.2) is 5.78 Å². The van der Waals surface area contributed by atoms with Crippen molar-refractivity contribution >= 4 is 41.3 Å². The zero-order valence-corrected chi connectivity index (χ0v) is 33.3. The molecule has 4 aliphatic rings. The first-order valence-corrected chi connectivity index (χ1v) is 20.0. The Balaban J connectivity index is 1.58. The minimum Gasteiger partial charge on any atom is -0.453 e. The van der Waals surface area contributed by atoms with Gasteiger partial charge in [-0.3, -0.25) is 28.8 Å². The van der Waals surface area contributed by atoms with E-state index in [2.05, 4.69) is 21.3 Å². The molecule has 0 radical (unpaired) electrons. The first-order valence-electron chi connectivity index (χ1n) is 20.0. The van der Waals surface area contributed by atoms with Gasteiger partial charge in [-0.2, -0.15) is 0 Å². The molecule has 0 aromatic carbocycles. The molecule has 7 atom stereocenters. The third-order valence-electron chi connectivity index (χ3n) is 11.8. The van der Waals surface area contributed by atoms with Crippen molar-refractivity contribution in [1.82, 2.24) is 26.2 Å². The Kier molecular flexibility index (Phi) is 14.1. The van der Waals surface area contributed by atoms with Gasteiger partial charge in [0.1, 0.15) is 12.1 Å². The summed E-state index contributed by atoms with van der Waals surface area (Å²) >= 11 is 0. The van der Waals surface area contributed by atoms with Crippen molar-refractivity contribution < 1.29 is 38.3 Å². The number of alkyl carbamates (subject to hydrolysis) is 1. The number of Topliss-reactive ketones (excluding diaryl/α,β-unsaturated/α-hetero) is 2. The lowest BCUT2D eigenvalue weighted by molar-refractivity contribution is -0.146. The third-order valence-corrected chi connectivity index (χ3v) is 11.8. The smallest absolute Gasteiger partial charge is 0.407 e. The Morgan fingerprint density at radius 3 is 1.98 bits per heavy atom. The summed E-state index contributed by atoms with van der Waals surface area (Å²) in [6.07, 6.45) is 8.73. The van der Waals surface area contributed by atoms with E-state index in [1.165, 1.54) is 7.11 Å². The first kappa shape index (κ1) is 42.2. The van der Waals surface area contributed by atoms with E-state index in [4.69, 9.17) is 4.74 Å². The van der Waals surface area contributed by atoms with Crippen LogP contribution in [0.3, 0.4) is 0 Å². The van der Waals surface area contributed by atoms with E-state index in [1.54, 1.807) is 4.90 Å². The first-order chi connectivity index (χ1) is 24.9. The van der Waals surface area contributed by atoms with E-state index < -0.39 is 64.6 Å². The molecule has 298 valence electrons. The Morgan fingerprint density at radius 1 is 0.774 bits per heavy atom. The number of fused-ring (bicyclic) bond motifs is 1. The number of ketones is 2. The number of rotatable bonds is 15. The fourth-order valence-electron chi connectivity index (χ4n) is 8.69. The minimum atomic E-state index is -1.01. The molecule has 1 saturated heterocycles. The second-order valence-corrected chi connectivity index (χ2v) is 18.2. The van der Waals surface area contributed by atoms with Gasteiger partial charge in [-0.15, -0.1) is 0 Å². The van der Waals surface area contributed by atoms with Crippen LogP contribution in [-0.4, -0.2) is 90.1 Å². The van der Waals surface area contributed by atoms with Crippen LogP contribution in [0.2, 0.25) is 0 Å². The average molecular weight is 744 g/mol. The SMILES string of the molecule is CCC[C@H](NC(=O)[C@@H]1[C@H]2CCC[C@H]2CN1C(=O)[C@@H](NC(=O)[C@@H](CC(=O)[C@H](NC(=O)OC)C(C)(C)C)C1CCCCC1)C(C)(C)C)C(=O)C(=O)NC1CC1. The molecule has 3 aliphatic carbocycles. The number of carbonyl (C=O) groups is 7. The number of nitrogens with zero attached hydrogens (tertiary/aromatic N) is 1. The predicted octanol–water partition coefficient (Wildman–Crippen LogP) is 4.20. The van der Waals surface area contributed by atoms with Crippen molar-refractivity contribution in [3.63, 3.8) is 0 Å². The number of likely N-dealkylation sites (tertiary alicyclic amines) is 1. The molecule has 5 amide bonds. The van der Waals surface area contributed by atoms with Crippen LogP contribution in [0.5, 0.6) is 0 Å². The Morgan fingerprint density at radius 2 is 1.42 bits per heavy atom. The highest BCUT2D eigenvalue weighted by Gasteiger charge is 2.52. The highest BCUT2D eigenvalue weighted by molar-refractivity contribution is 6.38. The molecule has 53 heavy (non-hydrogen) atoms. The monoisotopic (exact) mass is 743 g/mol. The maximum absolute atomic E-state index is 14.7. The number of ether oxygens (including phenoxy) is 1. The molecule has 0 unspecified atom stereocenters. The summed E-state index contributed by atoms with van der Waals surface area (Å²) in [5, 5.41) is 11.3. The molecule has 1 heterocycles. The van der Waals surface area contributed by atoms with Crippen LogP contribution in [0.15, 0.2) is 0 Å². The fraction of sp³-hybridized carbons (Fsp3) is 0.825. The van der Waals surface area contributed by atoms with E-state index in [0.717, 1.165) is 64.2 Å². The predicted molar refractivity (Wildman–Crippen MR) is 199 cm³/mol. The summed E-state index contributed by atoms with van der Waals surface area (Å²) < 4.78 is 4.80. The number of hydrogen-bond donors (Lipinski definition) is 4. The van der Waals surface area contributed by atoms with E-state index in [1.807, 2.05) is 48.5 Å². The second-order valence-electron chi connectivity index (χ2n) is 18.2. The van der Waals surface area contributed by atoms with E-state index >= 15 is 0 Å². The highest BCUT2D eigenvalue weighted by atomic mass is 16.5. The molecule has 0 bridgehead atoms. The zero-order chi connectivity index (χ0) is 39.2. The third kappa shape index (κ3) is 10.8. The summed E-state index contributed by atoms with van der Waals surface area (Å²) in [6, 6.07) is -3.73. The fourth-order valence-corrected chi connectivity index (χ4v) is 8.69. The van der Waals surface area contributed by atoms with E-state index in [0.29, 0.717) is 19.4 Å². The molecule has 0 aromatic rings. The maximum atomic E-state index is 14.7. The number of methoxy groups -OCH3 is 1. The van der Waals surface area contributed by atoms with Crippen molar-refractivity contribution in [2.24, 2.45) is 34.5 Å². The molecule has 1 aliphatic heterocycles. The van der Waals surface area contributed by atoms with Crippen LogP contribution >= 0.6 is 0 Å². The van der Waals surface area contributed by atoms with Gasteiger partial charge >= 0.3 is 6.09 Å². The Labute approximate surface area is 315 Å². The molecule has 4 fully saturated rings. The van der Waals surface area contributed by atoms with Gasteiger partial charge in [-0.1, -0.05) is 80.6 Å².